The molecule has 3 heteroatoms. The van der Waals surface area contributed by atoms with Crippen LogP contribution in [0.15, 0.2) is 30.3 Å². The van der Waals surface area contributed by atoms with Gasteiger partial charge in [0.05, 0.1) is 5.92 Å². The van der Waals surface area contributed by atoms with Crippen LogP contribution in [0, 0.1) is 11.8 Å². The smallest absolute Gasteiger partial charge is 0.307 e. The third kappa shape index (κ3) is 4.64. The average molecular weight is 275 g/mol. The lowest BCUT2D eigenvalue weighted by molar-refractivity contribution is -0.143. The largest absolute Gasteiger partial charge is 0.481 e. The van der Waals surface area contributed by atoms with Crippen LogP contribution in [0.1, 0.15) is 31.7 Å². The molecule has 1 aliphatic rings. The van der Waals surface area contributed by atoms with Crippen molar-refractivity contribution in [3.8, 4) is 0 Å². The van der Waals surface area contributed by atoms with Gasteiger partial charge in [0.1, 0.15) is 0 Å². The Balaban J connectivity index is 1.74. The second-order valence-corrected chi connectivity index (χ2v) is 6.07. The molecule has 0 radical (unpaired) electrons. The van der Waals surface area contributed by atoms with E-state index in [2.05, 4.69) is 36.1 Å². The van der Waals surface area contributed by atoms with Crippen molar-refractivity contribution in [1.82, 2.24) is 4.90 Å². The monoisotopic (exact) mass is 275 g/mol. The Morgan fingerprint density at radius 3 is 2.85 bits per heavy atom. The highest BCUT2D eigenvalue weighted by Gasteiger charge is 2.25. The minimum absolute atomic E-state index is 0.162. The molecule has 2 rings (SSSR count). The fraction of sp³-hybridized carbons (Fsp3) is 0.588. The molecule has 0 bridgehead atoms. The number of carbonyl (C=O) groups is 1. The van der Waals surface area contributed by atoms with Crippen molar-refractivity contribution in [3.05, 3.63) is 35.9 Å². The van der Waals surface area contributed by atoms with E-state index < -0.39 is 5.97 Å². The van der Waals surface area contributed by atoms with E-state index in [1.165, 1.54) is 5.56 Å². The lowest BCUT2D eigenvalue weighted by Crippen LogP contribution is -2.40. The van der Waals surface area contributed by atoms with E-state index in [9.17, 15) is 4.79 Å². The Bertz CT molecular complexity index is 418. The molecule has 1 N–H and O–H groups in total. The van der Waals surface area contributed by atoms with E-state index in [4.69, 9.17) is 5.11 Å². The summed E-state index contributed by atoms with van der Waals surface area (Å²) in [6.45, 7) is 5.08. The van der Waals surface area contributed by atoms with Gasteiger partial charge in [-0.05, 0) is 43.7 Å². The minimum atomic E-state index is -0.633. The van der Waals surface area contributed by atoms with Crippen LogP contribution in [0.5, 0.6) is 0 Å². The van der Waals surface area contributed by atoms with E-state index in [1.54, 1.807) is 0 Å². The van der Waals surface area contributed by atoms with Crippen molar-refractivity contribution in [2.75, 3.05) is 19.6 Å². The third-order valence-corrected chi connectivity index (χ3v) is 4.19. The highest BCUT2D eigenvalue weighted by molar-refractivity contribution is 5.70. The summed E-state index contributed by atoms with van der Waals surface area (Å²) >= 11 is 0. The van der Waals surface area contributed by atoms with E-state index in [-0.39, 0.29) is 5.92 Å². The molecule has 2 unspecified atom stereocenters. The molecule has 1 aliphatic heterocycles. The lowest BCUT2D eigenvalue weighted by atomic mass is 9.95. The standard InChI is InChI=1S/C17H25NO2/c1-14(9-10-15-6-3-2-4-7-15)12-18-11-5-8-16(13-18)17(19)20/h2-4,6-7,14,16H,5,8-13H2,1H3,(H,19,20). The van der Waals surface area contributed by atoms with Gasteiger partial charge in [-0.2, -0.15) is 0 Å². The summed E-state index contributed by atoms with van der Waals surface area (Å²) in [5, 5.41) is 9.12. The first-order chi connectivity index (χ1) is 9.65. The first-order valence-electron chi connectivity index (χ1n) is 7.64. The molecule has 1 aromatic rings. The summed E-state index contributed by atoms with van der Waals surface area (Å²) in [6, 6.07) is 10.6. The number of carboxylic acid groups (broad SMARTS) is 1. The van der Waals surface area contributed by atoms with Gasteiger partial charge in [-0.3, -0.25) is 4.79 Å². The Hall–Kier alpha value is -1.35. The second-order valence-electron chi connectivity index (χ2n) is 6.07. The Labute approximate surface area is 121 Å². The third-order valence-electron chi connectivity index (χ3n) is 4.19. The maximum atomic E-state index is 11.1. The van der Waals surface area contributed by atoms with Gasteiger partial charge in [0, 0.05) is 13.1 Å². The van der Waals surface area contributed by atoms with E-state index in [0.717, 1.165) is 45.3 Å². The normalized spacial score (nSPS) is 21.6. The van der Waals surface area contributed by atoms with Gasteiger partial charge in [0.25, 0.3) is 0 Å². The van der Waals surface area contributed by atoms with Crippen LogP contribution < -0.4 is 0 Å². The lowest BCUT2D eigenvalue weighted by Gasteiger charge is -2.32. The van der Waals surface area contributed by atoms with Crippen LogP contribution in [-0.4, -0.2) is 35.6 Å². The van der Waals surface area contributed by atoms with Crippen LogP contribution in [0.3, 0.4) is 0 Å². The number of aliphatic carboxylic acids is 1. The number of likely N-dealkylation sites (tertiary alicyclic amines) is 1. The van der Waals surface area contributed by atoms with Crippen molar-refractivity contribution in [2.24, 2.45) is 11.8 Å². The number of carboxylic acids is 1. The van der Waals surface area contributed by atoms with Gasteiger partial charge in [0.2, 0.25) is 0 Å². The maximum Gasteiger partial charge on any atom is 0.307 e. The second kappa shape index (κ2) is 7.44. The topological polar surface area (TPSA) is 40.5 Å². The van der Waals surface area contributed by atoms with Gasteiger partial charge in [0.15, 0.2) is 0 Å². The molecule has 0 amide bonds. The number of benzene rings is 1. The molecule has 1 saturated heterocycles. The fourth-order valence-corrected chi connectivity index (χ4v) is 3.01. The first-order valence-corrected chi connectivity index (χ1v) is 7.64. The maximum absolute atomic E-state index is 11.1. The van der Waals surface area contributed by atoms with E-state index >= 15 is 0 Å². The minimum Gasteiger partial charge on any atom is -0.481 e. The number of piperidine rings is 1. The van der Waals surface area contributed by atoms with Crippen molar-refractivity contribution in [1.29, 1.82) is 0 Å². The molecule has 2 atom stereocenters. The summed E-state index contributed by atoms with van der Waals surface area (Å²) in [7, 11) is 0. The molecule has 0 spiro atoms. The molecule has 1 aromatic carbocycles. The van der Waals surface area contributed by atoms with Crippen molar-refractivity contribution in [2.45, 2.75) is 32.6 Å². The molecule has 1 fully saturated rings. The molecule has 1 heterocycles. The van der Waals surface area contributed by atoms with Gasteiger partial charge in [-0.15, -0.1) is 0 Å². The van der Waals surface area contributed by atoms with Crippen LogP contribution >= 0.6 is 0 Å². The van der Waals surface area contributed by atoms with Gasteiger partial charge >= 0.3 is 5.97 Å². The predicted molar refractivity (Wildman–Crippen MR) is 80.7 cm³/mol. The van der Waals surface area contributed by atoms with Crippen LogP contribution in [0.2, 0.25) is 0 Å². The van der Waals surface area contributed by atoms with Gasteiger partial charge in [-0.1, -0.05) is 37.3 Å². The van der Waals surface area contributed by atoms with Gasteiger partial charge < -0.3 is 10.0 Å². The highest BCUT2D eigenvalue weighted by atomic mass is 16.4. The van der Waals surface area contributed by atoms with Crippen molar-refractivity contribution < 1.29 is 9.90 Å². The number of rotatable bonds is 6. The molecular formula is C17H25NO2. The summed E-state index contributed by atoms with van der Waals surface area (Å²) in [5.74, 6) is -0.181. The zero-order valence-corrected chi connectivity index (χ0v) is 12.3. The first kappa shape index (κ1) is 15.0. The average Bonchev–Trinajstić information content (AvgIpc) is 2.46. The number of nitrogens with zero attached hydrogens (tertiary/aromatic N) is 1. The van der Waals surface area contributed by atoms with E-state index in [1.807, 2.05) is 6.07 Å². The summed E-state index contributed by atoms with van der Waals surface area (Å²) in [5.41, 5.74) is 1.39. The predicted octanol–water partition coefficient (Wildman–Crippen LogP) is 3.05. The SMILES string of the molecule is CC(CCc1ccccc1)CN1CCCC(C(=O)O)C1. The van der Waals surface area contributed by atoms with Crippen molar-refractivity contribution >= 4 is 5.97 Å². The Kier molecular flexibility index (Phi) is 5.60. The summed E-state index contributed by atoms with van der Waals surface area (Å²) in [4.78, 5) is 13.4. The van der Waals surface area contributed by atoms with Crippen LogP contribution in [0.25, 0.3) is 0 Å². The molecule has 0 aliphatic carbocycles. The zero-order chi connectivity index (χ0) is 14.4. The molecule has 110 valence electrons. The Morgan fingerprint density at radius 1 is 1.40 bits per heavy atom. The number of hydrogen-bond acceptors (Lipinski definition) is 2. The number of aryl methyl sites for hydroxylation is 1. The quantitative estimate of drug-likeness (QED) is 0.867. The molecule has 0 saturated carbocycles. The highest BCUT2D eigenvalue weighted by Crippen LogP contribution is 2.19. The summed E-state index contributed by atoms with van der Waals surface area (Å²) in [6.07, 6.45) is 4.13. The van der Waals surface area contributed by atoms with Crippen LogP contribution in [-0.2, 0) is 11.2 Å². The summed E-state index contributed by atoms with van der Waals surface area (Å²) < 4.78 is 0. The molecule has 0 aromatic heterocycles. The van der Waals surface area contributed by atoms with Gasteiger partial charge in [-0.25, -0.2) is 0 Å². The molecule has 20 heavy (non-hydrogen) atoms. The van der Waals surface area contributed by atoms with Crippen LogP contribution in [0.4, 0.5) is 0 Å². The van der Waals surface area contributed by atoms with Crippen molar-refractivity contribution in [3.63, 3.8) is 0 Å². The Morgan fingerprint density at radius 2 is 2.15 bits per heavy atom. The van der Waals surface area contributed by atoms with E-state index in [0.29, 0.717) is 5.92 Å². The molecular weight excluding hydrogens is 250 g/mol. The fourth-order valence-electron chi connectivity index (χ4n) is 3.01. The zero-order valence-electron chi connectivity index (χ0n) is 12.3. The number of hydrogen-bond donors (Lipinski definition) is 1. The molecule has 3 nitrogen and oxygen atoms in total.